The number of carbonyl (C=O) groups excluding carboxylic acids is 1. The molecule has 2 heterocycles. The molecule has 1 saturated heterocycles. The van der Waals surface area contributed by atoms with Crippen LogP contribution in [0.1, 0.15) is 23.7 Å². The summed E-state index contributed by atoms with van der Waals surface area (Å²) in [4.78, 5) is 15.8. The number of Topliss-reactive ketones (excluding diaryl/α,β-unsaturated/α-hetero) is 1. The number of sulfone groups is 1. The fraction of sp³-hybridized carbons (Fsp3) is 0.438. The number of rotatable bonds is 5. The van der Waals surface area contributed by atoms with Crippen molar-refractivity contribution in [3.05, 3.63) is 35.8 Å². The molecular formula is C16H19FN2O3S. The van der Waals surface area contributed by atoms with Crippen LogP contribution >= 0.6 is 0 Å². The molecule has 0 saturated carbocycles. The molecule has 1 atom stereocenters. The summed E-state index contributed by atoms with van der Waals surface area (Å²) in [5.74, 6) is -1.01. The van der Waals surface area contributed by atoms with E-state index in [0.29, 0.717) is 30.4 Å². The summed E-state index contributed by atoms with van der Waals surface area (Å²) >= 11 is 0. The van der Waals surface area contributed by atoms with Crippen molar-refractivity contribution in [2.75, 3.05) is 24.6 Å². The highest BCUT2D eigenvalue weighted by Gasteiger charge is 2.44. The maximum atomic E-state index is 14.1. The number of hydrogen-bond acceptors (Lipinski definition) is 4. The number of benzene rings is 1. The Bertz CT molecular complexity index is 851. The number of carbonyl (C=O) groups is 1. The van der Waals surface area contributed by atoms with E-state index in [1.807, 2.05) is 0 Å². The third kappa shape index (κ3) is 2.90. The number of hydrogen-bond donors (Lipinski definition) is 2. The predicted octanol–water partition coefficient (Wildman–Crippen LogP) is 1.90. The van der Waals surface area contributed by atoms with Gasteiger partial charge >= 0.3 is 0 Å². The van der Waals surface area contributed by atoms with Crippen LogP contribution in [0.5, 0.6) is 0 Å². The van der Waals surface area contributed by atoms with Crippen LogP contribution in [0.2, 0.25) is 0 Å². The molecule has 3 rings (SSSR count). The van der Waals surface area contributed by atoms with E-state index in [2.05, 4.69) is 10.3 Å². The summed E-state index contributed by atoms with van der Waals surface area (Å²) in [5, 5.41) is 3.68. The molecule has 0 amide bonds. The number of fused-ring (bicyclic) bond motifs is 1. The smallest absolute Gasteiger partial charge is 0.171 e. The average Bonchev–Trinajstić information content (AvgIpc) is 3.16. The van der Waals surface area contributed by atoms with Crippen LogP contribution < -0.4 is 5.32 Å². The quantitative estimate of drug-likeness (QED) is 0.816. The Balaban J connectivity index is 2.03. The first-order chi connectivity index (χ1) is 10.9. The predicted molar refractivity (Wildman–Crippen MR) is 86.8 cm³/mol. The monoisotopic (exact) mass is 338 g/mol. The van der Waals surface area contributed by atoms with E-state index in [4.69, 9.17) is 0 Å². The molecule has 0 aliphatic carbocycles. The molecule has 1 aliphatic heterocycles. The van der Waals surface area contributed by atoms with Crippen LogP contribution in [0.15, 0.2) is 24.4 Å². The first-order valence-electron chi connectivity index (χ1n) is 7.59. The van der Waals surface area contributed by atoms with Gasteiger partial charge in [0, 0.05) is 29.4 Å². The Kier molecular flexibility index (Phi) is 4.01. The normalized spacial score (nSPS) is 21.8. The van der Waals surface area contributed by atoms with E-state index in [1.165, 1.54) is 6.07 Å². The van der Waals surface area contributed by atoms with Gasteiger partial charge < -0.3 is 10.3 Å². The molecule has 1 aromatic carbocycles. The van der Waals surface area contributed by atoms with Crippen LogP contribution in [0.4, 0.5) is 4.39 Å². The summed E-state index contributed by atoms with van der Waals surface area (Å²) in [5.41, 5.74) is -0.434. The third-order valence-electron chi connectivity index (χ3n) is 4.53. The molecule has 1 aliphatic rings. The van der Waals surface area contributed by atoms with Crippen molar-refractivity contribution in [2.45, 2.75) is 13.3 Å². The molecular weight excluding hydrogens is 319 g/mol. The Morgan fingerprint density at radius 1 is 1.39 bits per heavy atom. The highest BCUT2D eigenvalue weighted by atomic mass is 32.2. The second kappa shape index (κ2) is 5.72. The highest BCUT2D eigenvalue weighted by Crippen LogP contribution is 2.33. The van der Waals surface area contributed by atoms with Gasteiger partial charge in [-0.1, -0.05) is 6.92 Å². The van der Waals surface area contributed by atoms with E-state index in [1.54, 1.807) is 25.3 Å². The topological polar surface area (TPSA) is 79.0 Å². The first-order valence-corrected chi connectivity index (χ1v) is 9.42. The van der Waals surface area contributed by atoms with Gasteiger partial charge in [0.05, 0.1) is 16.7 Å². The number of H-pyrrole nitrogens is 1. The standard InChI is InChI=1S/C16H19FN2O3S/c1-2-23(21,22)10-16(4-6-18-9-16)15(20)12-7-11-3-5-19-14(11)13(17)8-12/h3,5,7-8,18-19H,2,4,6,9-10H2,1H3. The van der Waals surface area contributed by atoms with Gasteiger partial charge in [-0.3, -0.25) is 4.79 Å². The molecule has 1 fully saturated rings. The Labute approximate surface area is 134 Å². The number of ketones is 1. The van der Waals surface area contributed by atoms with E-state index in [-0.39, 0.29) is 22.9 Å². The Hall–Kier alpha value is -1.73. The summed E-state index contributed by atoms with van der Waals surface area (Å²) in [6, 6.07) is 4.51. The fourth-order valence-electron chi connectivity index (χ4n) is 3.21. The van der Waals surface area contributed by atoms with Crippen LogP contribution in [0.25, 0.3) is 10.9 Å². The van der Waals surface area contributed by atoms with Crippen molar-refractivity contribution < 1.29 is 17.6 Å². The zero-order valence-electron chi connectivity index (χ0n) is 12.9. The third-order valence-corrected chi connectivity index (χ3v) is 6.41. The second-order valence-corrected chi connectivity index (χ2v) is 8.47. The number of halogens is 1. The van der Waals surface area contributed by atoms with Gasteiger partial charge in [0.25, 0.3) is 0 Å². The minimum Gasteiger partial charge on any atom is -0.359 e. The van der Waals surface area contributed by atoms with Gasteiger partial charge in [0.2, 0.25) is 0 Å². The van der Waals surface area contributed by atoms with E-state index >= 15 is 0 Å². The fourth-order valence-corrected chi connectivity index (χ4v) is 4.64. The average molecular weight is 338 g/mol. The lowest BCUT2D eigenvalue weighted by Crippen LogP contribution is -2.40. The maximum Gasteiger partial charge on any atom is 0.171 e. The molecule has 1 aromatic heterocycles. The van der Waals surface area contributed by atoms with E-state index in [0.717, 1.165) is 0 Å². The zero-order valence-corrected chi connectivity index (χ0v) is 13.7. The molecule has 0 spiro atoms. The minimum atomic E-state index is -3.32. The van der Waals surface area contributed by atoms with Gasteiger partial charge in [-0.2, -0.15) is 0 Å². The largest absolute Gasteiger partial charge is 0.359 e. The van der Waals surface area contributed by atoms with Gasteiger partial charge in [-0.05, 0) is 31.2 Å². The molecule has 5 nitrogen and oxygen atoms in total. The molecule has 7 heteroatoms. The van der Waals surface area contributed by atoms with E-state index < -0.39 is 21.1 Å². The maximum absolute atomic E-state index is 14.1. The molecule has 2 aromatic rings. The lowest BCUT2D eigenvalue weighted by atomic mass is 9.81. The molecule has 23 heavy (non-hydrogen) atoms. The summed E-state index contributed by atoms with van der Waals surface area (Å²) in [7, 11) is -3.32. The van der Waals surface area contributed by atoms with Crippen molar-refractivity contribution >= 4 is 26.5 Å². The van der Waals surface area contributed by atoms with Gasteiger partial charge in [0.1, 0.15) is 5.82 Å². The lowest BCUT2D eigenvalue weighted by Gasteiger charge is -2.26. The van der Waals surface area contributed by atoms with Crippen LogP contribution in [-0.2, 0) is 9.84 Å². The van der Waals surface area contributed by atoms with E-state index in [9.17, 15) is 17.6 Å². The first kappa shape index (κ1) is 16.1. The van der Waals surface area contributed by atoms with Crippen molar-refractivity contribution in [2.24, 2.45) is 5.41 Å². The Morgan fingerprint density at radius 3 is 2.83 bits per heavy atom. The minimum absolute atomic E-state index is 0.00671. The van der Waals surface area contributed by atoms with Crippen molar-refractivity contribution in [3.63, 3.8) is 0 Å². The number of aromatic amines is 1. The molecule has 0 radical (unpaired) electrons. The zero-order chi connectivity index (χ0) is 16.7. The van der Waals surface area contributed by atoms with Crippen LogP contribution in [0.3, 0.4) is 0 Å². The molecule has 1 unspecified atom stereocenters. The van der Waals surface area contributed by atoms with Crippen LogP contribution in [-0.4, -0.2) is 43.8 Å². The Morgan fingerprint density at radius 2 is 2.17 bits per heavy atom. The second-order valence-electron chi connectivity index (χ2n) is 6.11. The lowest BCUT2D eigenvalue weighted by molar-refractivity contribution is 0.0842. The van der Waals surface area contributed by atoms with Gasteiger partial charge in [0.15, 0.2) is 15.6 Å². The van der Waals surface area contributed by atoms with Crippen LogP contribution in [0, 0.1) is 11.2 Å². The van der Waals surface area contributed by atoms with Gasteiger partial charge in [-0.25, -0.2) is 12.8 Å². The van der Waals surface area contributed by atoms with Crippen molar-refractivity contribution in [1.29, 1.82) is 0 Å². The summed E-state index contributed by atoms with van der Waals surface area (Å²) < 4.78 is 38.3. The number of nitrogens with one attached hydrogen (secondary N) is 2. The van der Waals surface area contributed by atoms with Crippen molar-refractivity contribution in [3.8, 4) is 0 Å². The molecule has 0 bridgehead atoms. The molecule has 2 N–H and O–H groups in total. The number of aromatic nitrogens is 1. The summed E-state index contributed by atoms with van der Waals surface area (Å²) in [6.07, 6.45) is 2.05. The molecule has 124 valence electrons. The van der Waals surface area contributed by atoms with Crippen molar-refractivity contribution in [1.82, 2.24) is 10.3 Å². The van der Waals surface area contributed by atoms with Gasteiger partial charge in [-0.15, -0.1) is 0 Å². The SMILES string of the molecule is CCS(=O)(=O)CC1(C(=O)c2cc(F)c3[nH]ccc3c2)CCNC1. The highest BCUT2D eigenvalue weighted by molar-refractivity contribution is 7.91. The summed E-state index contributed by atoms with van der Waals surface area (Å²) in [6.45, 7) is 2.46.